The van der Waals surface area contributed by atoms with Crippen LogP contribution in [0.25, 0.3) is 0 Å². The van der Waals surface area contributed by atoms with Crippen LogP contribution in [0.1, 0.15) is 24.2 Å². The van der Waals surface area contributed by atoms with Crippen LogP contribution < -0.4 is 26.3 Å². The van der Waals surface area contributed by atoms with Gasteiger partial charge in [-0.2, -0.15) is 0 Å². The molecule has 2 amide bonds. The summed E-state index contributed by atoms with van der Waals surface area (Å²) in [7, 11) is 1.40. The first-order valence-electron chi connectivity index (χ1n) is 6.50. The van der Waals surface area contributed by atoms with E-state index in [1.807, 2.05) is 0 Å². The number of nitrogens with two attached hydrogens (primary N) is 2. The minimum Gasteiger partial charge on any atom is -0.493 e. The minimum absolute atomic E-state index is 0. The third-order valence-electron chi connectivity index (χ3n) is 2.55. The third kappa shape index (κ3) is 6.94. The minimum atomic E-state index is -0.648. The Labute approximate surface area is 146 Å². The Balaban J connectivity index is 0.00000484. The van der Waals surface area contributed by atoms with Gasteiger partial charge in [0.05, 0.1) is 12.1 Å². The molecule has 0 fully saturated rings. The van der Waals surface area contributed by atoms with E-state index < -0.39 is 11.4 Å². The second-order valence-corrected chi connectivity index (χ2v) is 5.82. The smallest absolute Gasteiger partial charge is 0.255 e. The molecular weight excluding hydrogens is 345 g/mol. The third-order valence-corrected chi connectivity index (χ3v) is 2.84. The molecule has 0 aliphatic rings. The van der Waals surface area contributed by atoms with Crippen LogP contribution in [0.5, 0.6) is 11.5 Å². The zero-order chi connectivity index (χ0) is 16.9. The Morgan fingerprint density at radius 3 is 2.43 bits per heavy atom. The number of primary amides is 1. The predicted molar refractivity (Wildman–Crippen MR) is 90.5 cm³/mol. The number of methoxy groups -OCH3 is 1. The summed E-state index contributed by atoms with van der Waals surface area (Å²) in [6, 6.07) is 2.88. The monoisotopic (exact) mass is 365 g/mol. The lowest BCUT2D eigenvalue weighted by Crippen LogP contribution is -2.45. The van der Waals surface area contributed by atoms with Gasteiger partial charge in [-0.05, 0) is 26.0 Å². The number of hydrogen-bond donors (Lipinski definition) is 3. The van der Waals surface area contributed by atoms with Crippen molar-refractivity contribution in [2.24, 2.45) is 11.5 Å². The molecule has 0 aromatic heterocycles. The molecule has 0 bridgehead atoms. The highest BCUT2D eigenvalue weighted by Gasteiger charge is 2.18. The average Bonchev–Trinajstić information content (AvgIpc) is 2.41. The van der Waals surface area contributed by atoms with E-state index in [1.165, 1.54) is 19.2 Å². The first-order chi connectivity index (χ1) is 10.1. The highest BCUT2D eigenvalue weighted by Crippen LogP contribution is 2.36. The van der Waals surface area contributed by atoms with E-state index in [0.29, 0.717) is 6.54 Å². The number of rotatable bonds is 7. The van der Waals surface area contributed by atoms with E-state index in [1.54, 1.807) is 13.8 Å². The average molecular weight is 366 g/mol. The number of amides is 2. The van der Waals surface area contributed by atoms with Gasteiger partial charge >= 0.3 is 0 Å². The topological polar surface area (TPSA) is 117 Å². The molecule has 0 heterocycles. The number of ether oxygens (including phenoxy) is 2. The number of halogens is 2. The van der Waals surface area contributed by atoms with Crippen molar-refractivity contribution >= 4 is 35.8 Å². The number of nitrogens with one attached hydrogen (secondary N) is 1. The van der Waals surface area contributed by atoms with Crippen LogP contribution in [0.2, 0.25) is 5.02 Å². The van der Waals surface area contributed by atoms with Crippen molar-refractivity contribution in [1.29, 1.82) is 0 Å². The van der Waals surface area contributed by atoms with Crippen molar-refractivity contribution in [3.8, 4) is 11.5 Å². The molecule has 1 rings (SSSR count). The first kappa shape index (κ1) is 21.3. The standard InChI is InChI=1S/C14H20ClN3O4.ClH/c1-14(2,17)7-18-13(20)8-4-9(15)12(10(5-8)21-3)22-6-11(16)19;/h4-5H,6-7,17H2,1-3H3,(H2,16,19)(H,18,20);1H. The Kier molecular flexibility index (Phi) is 8.16. The molecule has 0 saturated carbocycles. The summed E-state index contributed by atoms with van der Waals surface area (Å²) in [4.78, 5) is 22.9. The molecule has 0 aliphatic heterocycles. The van der Waals surface area contributed by atoms with E-state index in [9.17, 15) is 9.59 Å². The zero-order valence-corrected chi connectivity index (χ0v) is 14.7. The molecule has 0 radical (unpaired) electrons. The molecule has 130 valence electrons. The van der Waals surface area contributed by atoms with Gasteiger partial charge in [0.15, 0.2) is 18.1 Å². The summed E-state index contributed by atoms with van der Waals surface area (Å²) < 4.78 is 10.3. The van der Waals surface area contributed by atoms with Crippen molar-refractivity contribution in [3.63, 3.8) is 0 Å². The van der Waals surface area contributed by atoms with Gasteiger partial charge in [-0.1, -0.05) is 11.6 Å². The van der Waals surface area contributed by atoms with E-state index in [0.717, 1.165) is 0 Å². The molecule has 5 N–H and O–H groups in total. The first-order valence-corrected chi connectivity index (χ1v) is 6.87. The maximum atomic E-state index is 12.1. The van der Waals surface area contributed by atoms with Crippen LogP contribution >= 0.6 is 24.0 Å². The van der Waals surface area contributed by atoms with Gasteiger partial charge < -0.3 is 26.3 Å². The van der Waals surface area contributed by atoms with Gasteiger partial charge in [-0.15, -0.1) is 12.4 Å². The number of benzene rings is 1. The lowest BCUT2D eigenvalue weighted by atomic mass is 10.1. The van der Waals surface area contributed by atoms with Gasteiger partial charge in [0.25, 0.3) is 11.8 Å². The highest BCUT2D eigenvalue weighted by atomic mass is 35.5. The highest BCUT2D eigenvalue weighted by molar-refractivity contribution is 6.32. The van der Waals surface area contributed by atoms with Gasteiger partial charge in [0, 0.05) is 17.6 Å². The van der Waals surface area contributed by atoms with Gasteiger partial charge in [0.2, 0.25) is 0 Å². The molecule has 0 spiro atoms. The molecule has 9 heteroatoms. The van der Waals surface area contributed by atoms with Crippen molar-refractivity contribution in [2.75, 3.05) is 20.3 Å². The number of carbonyl (C=O) groups is 2. The maximum absolute atomic E-state index is 12.1. The summed E-state index contributed by atoms with van der Waals surface area (Å²) >= 11 is 6.07. The van der Waals surface area contributed by atoms with Crippen molar-refractivity contribution in [3.05, 3.63) is 22.7 Å². The summed E-state index contributed by atoms with van der Waals surface area (Å²) in [6.45, 7) is 3.54. The van der Waals surface area contributed by atoms with Crippen molar-refractivity contribution < 1.29 is 19.1 Å². The second kappa shape index (κ2) is 8.81. The maximum Gasteiger partial charge on any atom is 0.255 e. The summed E-state index contributed by atoms with van der Waals surface area (Å²) in [5.41, 5.74) is 10.6. The van der Waals surface area contributed by atoms with Crippen LogP contribution in [0.3, 0.4) is 0 Å². The van der Waals surface area contributed by atoms with Crippen molar-refractivity contribution in [1.82, 2.24) is 5.32 Å². The van der Waals surface area contributed by atoms with E-state index >= 15 is 0 Å². The fraction of sp³-hybridized carbons (Fsp3) is 0.429. The van der Waals surface area contributed by atoms with Crippen molar-refractivity contribution in [2.45, 2.75) is 19.4 Å². The molecule has 1 aromatic carbocycles. The van der Waals surface area contributed by atoms with Gasteiger partial charge in [-0.25, -0.2) is 0 Å². The van der Waals surface area contributed by atoms with Crippen LogP contribution in [0, 0.1) is 0 Å². The van der Waals surface area contributed by atoms with Crippen LogP contribution in [-0.2, 0) is 4.79 Å². The fourth-order valence-electron chi connectivity index (χ4n) is 1.54. The summed E-state index contributed by atoms with van der Waals surface area (Å²) in [5.74, 6) is -0.616. The lowest BCUT2D eigenvalue weighted by molar-refractivity contribution is -0.119. The normalized spacial score (nSPS) is 10.5. The Bertz CT molecular complexity index is 574. The SMILES string of the molecule is COc1cc(C(=O)NCC(C)(C)N)cc(Cl)c1OCC(N)=O.Cl. The zero-order valence-electron chi connectivity index (χ0n) is 13.1. The number of hydrogen-bond acceptors (Lipinski definition) is 5. The summed E-state index contributed by atoms with van der Waals surface area (Å²) in [6.07, 6.45) is 0. The molecule has 0 atom stereocenters. The van der Waals surface area contributed by atoms with Gasteiger partial charge in [-0.3, -0.25) is 9.59 Å². The lowest BCUT2D eigenvalue weighted by Gasteiger charge is -2.19. The number of carbonyl (C=O) groups excluding carboxylic acids is 2. The fourth-order valence-corrected chi connectivity index (χ4v) is 1.81. The molecule has 1 aromatic rings. The van der Waals surface area contributed by atoms with Crippen LogP contribution in [0.15, 0.2) is 12.1 Å². The predicted octanol–water partition coefficient (Wildman–Crippen LogP) is 1.10. The second-order valence-electron chi connectivity index (χ2n) is 5.42. The van der Waals surface area contributed by atoms with E-state index in [4.69, 9.17) is 32.5 Å². The molecule has 7 nitrogen and oxygen atoms in total. The Morgan fingerprint density at radius 1 is 1.35 bits per heavy atom. The molecule has 0 aliphatic carbocycles. The molecular formula is C14H21Cl2N3O4. The van der Waals surface area contributed by atoms with Crippen LogP contribution in [-0.4, -0.2) is 37.6 Å². The summed E-state index contributed by atoms with van der Waals surface area (Å²) in [5, 5.41) is 2.83. The molecule has 23 heavy (non-hydrogen) atoms. The molecule has 0 saturated heterocycles. The van der Waals surface area contributed by atoms with Gasteiger partial charge in [0.1, 0.15) is 0 Å². The Morgan fingerprint density at radius 2 is 1.96 bits per heavy atom. The van der Waals surface area contributed by atoms with Crippen LogP contribution in [0.4, 0.5) is 0 Å². The van der Waals surface area contributed by atoms with E-state index in [-0.39, 0.29) is 47.0 Å². The largest absolute Gasteiger partial charge is 0.493 e. The quantitative estimate of drug-likeness (QED) is 0.668. The van der Waals surface area contributed by atoms with E-state index in [2.05, 4.69) is 5.32 Å². The Hall–Kier alpha value is -1.70. The molecule has 0 unspecified atom stereocenters.